The molecule has 84 valence electrons. The number of hydrogen-bond donors (Lipinski definition) is 0. The zero-order chi connectivity index (χ0) is 11.8. The average molecular weight is 278 g/mol. The molecule has 0 saturated heterocycles. The quantitative estimate of drug-likeness (QED) is 0.508. The second-order valence-electron chi connectivity index (χ2n) is 3.07. The molecule has 0 bridgehead atoms. The molecule has 1 aromatic carbocycles. The summed E-state index contributed by atoms with van der Waals surface area (Å²) in [6, 6.07) is 7.00. The van der Waals surface area contributed by atoms with Crippen molar-refractivity contribution in [2.24, 2.45) is 0 Å². The van der Waals surface area contributed by atoms with Gasteiger partial charge < -0.3 is 0 Å². The predicted octanol–water partition coefficient (Wildman–Crippen LogP) is 5.22. The second kappa shape index (κ2) is 4.27. The van der Waals surface area contributed by atoms with E-state index < -0.39 is 11.7 Å². The highest BCUT2D eigenvalue weighted by Gasteiger charge is 2.30. The van der Waals surface area contributed by atoms with Gasteiger partial charge in [0.25, 0.3) is 0 Å². The molecule has 0 aliphatic heterocycles. The van der Waals surface area contributed by atoms with Crippen LogP contribution in [-0.2, 0) is 6.18 Å². The van der Waals surface area contributed by atoms with Crippen LogP contribution in [-0.4, -0.2) is 0 Å². The van der Waals surface area contributed by atoms with Crippen molar-refractivity contribution in [3.8, 4) is 10.4 Å². The number of benzene rings is 1. The molecule has 1 heterocycles. The Morgan fingerprint density at radius 1 is 1.06 bits per heavy atom. The lowest BCUT2D eigenvalue weighted by Crippen LogP contribution is -2.04. The maximum Gasteiger partial charge on any atom is 0.416 e. The van der Waals surface area contributed by atoms with Crippen LogP contribution >= 0.6 is 32.9 Å². The molecule has 0 atom stereocenters. The Hall–Kier alpha value is -0.720. The van der Waals surface area contributed by atoms with E-state index in [2.05, 4.69) is 0 Å². The molecule has 2 aromatic rings. The van der Waals surface area contributed by atoms with Crippen molar-refractivity contribution in [2.75, 3.05) is 0 Å². The molecule has 0 spiro atoms. The highest BCUT2D eigenvalue weighted by atomic mass is 32.9. The molecule has 2 rings (SSSR count). The van der Waals surface area contributed by atoms with Crippen molar-refractivity contribution in [2.45, 2.75) is 6.18 Å². The van der Waals surface area contributed by atoms with Gasteiger partial charge in [0.15, 0.2) is 0 Å². The molecule has 0 aliphatic rings. The van der Waals surface area contributed by atoms with Crippen LogP contribution in [0.2, 0.25) is 0 Å². The zero-order valence-corrected chi connectivity index (χ0v) is 10.2. The van der Waals surface area contributed by atoms with Crippen LogP contribution in [0.4, 0.5) is 13.2 Å². The van der Waals surface area contributed by atoms with E-state index in [9.17, 15) is 13.2 Å². The summed E-state index contributed by atoms with van der Waals surface area (Å²) in [4.78, 5) is 0.779. The zero-order valence-electron chi connectivity index (χ0n) is 7.75. The Labute approximate surface area is 102 Å². The molecular weight excluding hydrogens is 273 g/mol. The van der Waals surface area contributed by atoms with Gasteiger partial charge in [-0.15, -0.1) is 0 Å². The van der Waals surface area contributed by atoms with Crippen LogP contribution in [0.1, 0.15) is 5.56 Å². The van der Waals surface area contributed by atoms with Gasteiger partial charge in [0.2, 0.25) is 0 Å². The minimum absolute atomic E-state index is 0.562. The standard InChI is InChI=1S/C10H5F3S3/c11-10(12,13)7-3-1-2-6(4-7)8-5-9(14)16-15-8/h1-5H. The van der Waals surface area contributed by atoms with Crippen LogP contribution in [0.3, 0.4) is 0 Å². The second-order valence-corrected chi connectivity index (χ2v) is 5.98. The molecule has 16 heavy (non-hydrogen) atoms. The van der Waals surface area contributed by atoms with Crippen molar-refractivity contribution in [1.29, 1.82) is 0 Å². The number of alkyl halides is 3. The van der Waals surface area contributed by atoms with E-state index in [0.717, 1.165) is 17.0 Å². The molecule has 0 amide bonds. The summed E-state index contributed by atoms with van der Waals surface area (Å²) >= 11 is 4.95. The lowest BCUT2D eigenvalue weighted by Gasteiger charge is -2.07. The molecule has 0 radical (unpaired) electrons. The minimum Gasteiger partial charge on any atom is -0.166 e. The van der Waals surface area contributed by atoms with E-state index in [1.165, 1.54) is 26.7 Å². The van der Waals surface area contributed by atoms with Crippen molar-refractivity contribution in [1.82, 2.24) is 0 Å². The first kappa shape index (κ1) is 11.8. The molecular formula is C10H5F3S3. The number of halogens is 3. The molecule has 0 nitrogen and oxygen atoms in total. The first-order valence-electron chi connectivity index (χ1n) is 4.24. The summed E-state index contributed by atoms with van der Waals surface area (Å²) in [6.07, 6.45) is -4.30. The Morgan fingerprint density at radius 2 is 1.81 bits per heavy atom. The van der Waals surface area contributed by atoms with E-state index in [-0.39, 0.29) is 0 Å². The predicted molar refractivity (Wildman–Crippen MR) is 63.5 cm³/mol. The van der Waals surface area contributed by atoms with Gasteiger partial charge in [0, 0.05) is 4.88 Å². The molecule has 6 heteroatoms. The fourth-order valence-corrected chi connectivity index (χ4v) is 3.61. The fraction of sp³-hybridized carbons (Fsp3) is 0.100. The van der Waals surface area contributed by atoms with Gasteiger partial charge >= 0.3 is 6.18 Å². The Morgan fingerprint density at radius 3 is 2.38 bits per heavy atom. The van der Waals surface area contributed by atoms with Crippen LogP contribution in [0.15, 0.2) is 30.3 Å². The van der Waals surface area contributed by atoms with Crippen molar-refractivity contribution in [3.05, 3.63) is 39.7 Å². The first-order valence-corrected chi connectivity index (χ1v) is 6.80. The maximum absolute atomic E-state index is 12.5. The van der Waals surface area contributed by atoms with Crippen LogP contribution in [0.5, 0.6) is 0 Å². The van der Waals surface area contributed by atoms with E-state index in [1.807, 2.05) is 0 Å². The van der Waals surface area contributed by atoms with Gasteiger partial charge in [-0.1, -0.05) is 45.0 Å². The highest BCUT2D eigenvalue weighted by molar-refractivity contribution is 7.80. The molecule has 0 saturated carbocycles. The Bertz CT molecular complexity index is 551. The van der Waals surface area contributed by atoms with E-state index in [1.54, 1.807) is 12.1 Å². The van der Waals surface area contributed by atoms with Crippen LogP contribution in [0.25, 0.3) is 10.4 Å². The SMILES string of the molecule is FC(F)(F)c1cccc(-c2cc(=S)ss2)c1. The van der Waals surface area contributed by atoms with Crippen molar-refractivity contribution < 1.29 is 13.2 Å². The van der Waals surface area contributed by atoms with Crippen LogP contribution in [0, 0.1) is 3.82 Å². The summed E-state index contributed by atoms with van der Waals surface area (Å²) < 4.78 is 38.1. The summed E-state index contributed by atoms with van der Waals surface area (Å²) in [7, 11) is 2.78. The van der Waals surface area contributed by atoms with E-state index in [0.29, 0.717) is 9.39 Å². The van der Waals surface area contributed by atoms with Gasteiger partial charge in [0.1, 0.15) is 3.82 Å². The maximum atomic E-state index is 12.5. The number of rotatable bonds is 1. The molecule has 0 unspecified atom stereocenters. The summed E-state index contributed by atoms with van der Waals surface area (Å²) in [5.41, 5.74) is -0.0681. The number of hydrogen-bond acceptors (Lipinski definition) is 3. The molecule has 0 fully saturated rings. The smallest absolute Gasteiger partial charge is 0.166 e. The third kappa shape index (κ3) is 2.50. The lowest BCUT2D eigenvalue weighted by molar-refractivity contribution is -0.137. The highest BCUT2D eigenvalue weighted by Crippen LogP contribution is 2.34. The third-order valence-corrected chi connectivity index (χ3v) is 4.85. The van der Waals surface area contributed by atoms with E-state index in [4.69, 9.17) is 12.2 Å². The largest absolute Gasteiger partial charge is 0.416 e. The monoisotopic (exact) mass is 278 g/mol. The third-order valence-electron chi connectivity index (χ3n) is 1.94. The van der Waals surface area contributed by atoms with Gasteiger partial charge in [-0.3, -0.25) is 0 Å². The summed E-state index contributed by atoms with van der Waals surface area (Å²) in [5, 5.41) is 0. The molecule has 1 aromatic heterocycles. The first-order chi connectivity index (χ1) is 7.47. The van der Waals surface area contributed by atoms with Gasteiger partial charge in [0.05, 0.1) is 5.56 Å². The minimum atomic E-state index is -4.30. The van der Waals surface area contributed by atoms with Crippen molar-refractivity contribution >= 4 is 32.9 Å². The van der Waals surface area contributed by atoms with Gasteiger partial charge in [-0.2, -0.15) is 13.2 Å². The Balaban J connectivity index is 2.48. The Kier molecular flexibility index (Phi) is 3.14. The average Bonchev–Trinajstić information content (AvgIpc) is 2.64. The van der Waals surface area contributed by atoms with Crippen LogP contribution < -0.4 is 0 Å². The van der Waals surface area contributed by atoms with E-state index >= 15 is 0 Å². The molecule has 0 N–H and O–H groups in total. The van der Waals surface area contributed by atoms with Gasteiger partial charge in [-0.25, -0.2) is 0 Å². The lowest BCUT2D eigenvalue weighted by atomic mass is 10.1. The van der Waals surface area contributed by atoms with Gasteiger partial charge in [-0.05, 0) is 23.8 Å². The fourth-order valence-electron chi connectivity index (χ4n) is 1.22. The normalized spacial score (nSPS) is 11.7. The summed E-state index contributed by atoms with van der Waals surface area (Å²) in [5.74, 6) is 0. The van der Waals surface area contributed by atoms with Crippen molar-refractivity contribution in [3.63, 3.8) is 0 Å². The topological polar surface area (TPSA) is 0 Å². The summed E-state index contributed by atoms with van der Waals surface area (Å²) in [6.45, 7) is 0. The molecule has 0 aliphatic carbocycles.